The van der Waals surface area contributed by atoms with Crippen molar-refractivity contribution in [3.05, 3.63) is 0 Å². The van der Waals surface area contributed by atoms with E-state index < -0.39 is 0 Å². The number of esters is 2. The lowest BCUT2D eigenvalue weighted by Gasteiger charge is -2.04. The monoisotopic (exact) mass is 288 g/mol. The first-order valence-electron chi connectivity index (χ1n) is 6.99. The van der Waals surface area contributed by atoms with Crippen LogP contribution >= 0.6 is 0 Å². The van der Waals surface area contributed by atoms with Gasteiger partial charge in [-0.15, -0.1) is 0 Å². The molecule has 6 nitrogen and oxygen atoms in total. The molecule has 2 saturated carbocycles. The number of hydrogen-bond donors (Lipinski definition) is 2. The highest BCUT2D eigenvalue weighted by molar-refractivity contribution is 5.73. The van der Waals surface area contributed by atoms with Gasteiger partial charge in [-0.2, -0.15) is 0 Å². The molecule has 6 heteroatoms. The average molecular weight is 288 g/mol. The molecule has 0 aromatic carbocycles. The van der Waals surface area contributed by atoms with Crippen molar-refractivity contribution < 1.29 is 29.3 Å². The second-order valence-electron chi connectivity index (χ2n) is 5.37. The maximum absolute atomic E-state index is 10.8. The number of methoxy groups -OCH3 is 2. The van der Waals surface area contributed by atoms with E-state index in [4.69, 9.17) is 10.2 Å². The Balaban J connectivity index is 0.000000200. The van der Waals surface area contributed by atoms with Gasteiger partial charge in [-0.05, 0) is 38.5 Å². The van der Waals surface area contributed by atoms with Crippen LogP contribution in [-0.2, 0) is 19.1 Å². The average Bonchev–Trinajstić information content (AvgIpc) is 3.06. The number of hydrogen-bond acceptors (Lipinski definition) is 6. The van der Waals surface area contributed by atoms with E-state index in [2.05, 4.69) is 9.47 Å². The van der Waals surface area contributed by atoms with Crippen LogP contribution in [0.5, 0.6) is 0 Å². The second kappa shape index (κ2) is 8.21. The highest BCUT2D eigenvalue weighted by atomic mass is 16.5. The van der Waals surface area contributed by atoms with Crippen LogP contribution in [0.3, 0.4) is 0 Å². The molecule has 2 N–H and O–H groups in total. The largest absolute Gasteiger partial charge is 0.469 e. The molecule has 0 amide bonds. The van der Waals surface area contributed by atoms with Crippen molar-refractivity contribution in [2.24, 2.45) is 11.8 Å². The van der Waals surface area contributed by atoms with Crippen LogP contribution in [-0.4, -0.2) is 48.6 Å². The maximum Gasteiger partial charge on any atom is 0.308 e. The normalized spacial score (nSPS) is 32.2. The molecule has 2 fully saturated rings. The summed E-state index contributed by atoms with van der Waals surface area (Å²) in [6.07, 6.45) is 3.59. The molecule has 4 atom stereocenters. The molecule has 116 valence electrons. The lowest BCUT2D eigenvalue weighted by atomic mass is 10.1. The quantitative estimate of drug-likeness (QED) is 0.724. The zero-order valence-corrected chi connectivity index (χ0v) is 12.1. The first kappa shape index (κ1) is 16.9. The molecule has 2 aliphatic carbocycles. The van der Waals surface area contributed by atoms with E-state index in [-0.39, 0.29) is 36.0 Å². The molecule has 0 saturated heterocycles. The van der Waals surface area contributed by atoms with Crippen molar-refractivity contribution in [3.63, 3.8) is 0 Å². The van der Waals surface area contributed by atoms with Gasteiger partial charge in [0.25, 0.3) is 0 Å². The van der Waals surface area contributed by atoms with Gasteiger partial charge >= 0.3 is 11.9 Å². The summed E-state index contributed by atoms with van der Waals surface area (Å²) in [6.45, 7) is 0. The fraction of sp³-hybridized carbons (Fsp3) is 0.857. The summed E-state index contributed by atoms with van der Waals surface area (Å²) in [5.41, 5.74) is 0. The zero-order valence-electron chi connectivity index (χ0n) is 12.1. The summed E-state index contributed by atoms with van der Waals surface area (Å²) in [4.78, 5) is 21.7. The predicted molar refractivity (Wildman–Crippen MR) is 70.7 cm³/mol. The van der Waals surface area contributed by atoms with Gasteiger partial charge < -0.3 is 19.7 Å². The van der Waals surface area contributed by atoms with Crippen LogP contribution in [0.2, 0.25) is 0 Å². The summed E-state index contributed by atoms with van der Waals surface area (Å²) >= 11 is 0. The molecule has 0 unspecified atom stereocenters. The summed E-state index contributed by atoms with van der Waals surface area (Å²) in [5.74, 6) is -0.479. The van der Waals surface area contributed by atoms with Crippen LogP contribution in [0, 0.1) is 11.8 Å². The predicted octanol–water partition coefficient (Wildman–Crippen LogP) is 0.641. The van der Waals surface area contributed by atoms with Crippen molar-refractivity contribution in [1.82, 2.24) is 0 Å². The number of aliphatic hydroxyl groups is 2. The molecule has 2 rings (SSSR count). The SMILES string of the molecule is COC(=O)[C@@H]1CC[C@@H](O)C1.COC(=O)[C@H]1CC[C@H](O)C1. The van der Waals surface area contributed by atoms with E-state index in [1.165, 1.54) is 14.2 Å². The molecular weight excluding hydrogens is 264 g/mol. The summed E-state index contributed by atoms with van der Waals surface area (Å²) in [7, 11) is 2.76. The van der Waals surface area contributed by atoms with Gasteiger partial charge in [0, 0.05) is 0 Å². The van der Waals surface area contributed by atoms with Crippen molar-refractivity contribution in [3.8, 4) is 0 Å². The first-order valence-corrected chi connectivity index (χ1v) is 6.99. The Labute approximate surface area is 119 Å². The number of aliphatic hydroxyl groups excluding tert-OH is 2. The highest BCUT2D eigenvalue weighted by Crippen LogP contribution is 2.26. The number of ether oxygens (including phenoxy) is 2. The van der Waals surface area contributed by atoms with Crippen LogP contribution < -0.4 is 0 Å². The van der Waals surface area contributed by atoms with Crippen LogP contribution in [0.15, 0.2) is 0 Å². The Kier molecular flexibility index (Phi) is 6.95. The van der Waals surface area contributed by atoms with Crippen LogP contribution in [0.4, 0.5) is 0 Å². The Hall–Kier alpha value is -1.14. The molecule has 0 bridgehead atoms. The summed E-state index contributed by atoms with van der Waals surface area (Å²) < 4.78 is 9.06. The van der Waals surface area contributed by atoms with Gasteiger partial charge in [0.1, 0.15) is 0 Å². The molecular formula is C14H24O6. The fourth-order valence-electron chi connectivity index (χ4n) is 2.68. The fourth-order valence-corrected chi connectivity index (χ4v) is 2.68. The van der Waals surface area contributed by atoms with E-state index in [0.29, 0.717) is 12.8 Å². The molecule has 20 heavy (non-hydrogen) atoms. The topological polar surface area (TPSA) is 93.1 Å². The standard InChI is InChI=1S/2C7H12O3/c2*1-10-7(9)5-2-3-6(8)4-5/h2*5-6,8H,2-4H2,1H3/t2*5-,6-/m10/s1. The third-order valence-corrected chi connectivity index (χ3v) is 3.88. The van der Waals surface area contributed by atoms with E-state index in [1.54, 1.807) is 0 Å². The second-order valence-corrected chi connectivity index (χ2v) is 5.37. The molecule has 0 spiro atoms. The van der Waals surface area contributed by atoms with Crippen LogP contribution in [0.1, 0.15) is 38.5 Å². The van der Waals surface area contributed by atoms with Crippen molar-refractivity contribution >= 4 is 11.9 Å². The van der Waals surface area contributed by atoms with E-state index in [1.807, 2.05) is 0 Å². The minimum absolute atomic E-state index is 0.0556. The van der Waals surface area contributed by atoms with Crippen LogP contribution in [0.25, 0.3) is 0 Å². The Morgan fingerprint density at radius 2 is 1.15 bits per heavy atom. The number of carbonyl (C=O) groups is 2. The minimum atomic E-state index is -0.288. The maximum atomic E-state index is 10.8. The third-order valence-electron chi connectivity index (χ3n) is 3.88. The van der Waals surface area contributed by atoms with E-state index in [0.717, 1.165) is 25.7 Å². The lowest BCUT2D eigenvalue weighted by Crippen LogP contribution is -2.13. The molecule has 0 aromatic rings. The lowest BCUT2D eigenvalue weighted by molar-refractivity contribution is -0.146. The van der Waals surface area contributed by atoms with Gasteiger partial charge in [-0.25, -0.2) is 0 Å². The van der Waals surface area contributed by atoms with Crippen molar-refractivity contribution in [2.75, 3.05) is 14.2 Å². The summed E-state index contributed by atoms with van der Waals surface area (Å²) in [6, 6.07) is 0. The minimum Gasteiger partial charge on any atom is -0.469 e. The van der Waals surface area contributed by atoms with Gasteiger partial charge in [-0.1, -0.05) is 0 Å². The third kappa shape index (κ3) is 5.09. The van der Waals surface area contributed by atoms with E-state index in [9.17, 15) is 9.59 Å². The van der Waals surface area contributed by atoms with Crippen molar-refractivity contribution in [2.45, 2.75) is 50.7 Å². The van der Waals surface area contributed by atoms with E-state index >= 15 is 0 Å². The summed E-state index contributed by atoms with van der Waals surface area (Å²) in [5, 5.41) is 18.1. The molecule has 0 aliphatic heterocycles. The Morgan fingerprint density at radius 1 is 0.800 bits per heavy atom. The van der Waals surface area contributed by atoms with Gasteiger partial charge in [0.2, 0.25) is 0 Å². The molecule has 0 radical (unpaired) electrons. The van der Waals surface area contributed by atoms with Gasteiger partial charge in [0.05, 0.1) is 38.3 Å². The molecule has 0 heterocycles. The first-order chi connectivity index (χ1) is 9.47. The Bertz CT molecular complexity index is 298. The Morgan fingerprint density at radius 3 is 1.35 bits per heavy atom. The highest BCUT2D eigenvalue weighted by Gasteiger charge is 2.29. The smallest absolute Gasteiger partial charge is 0.308 e. The van der Waals surface area contributed by atoms with Gasteiger partial charge in [0.15, 0.2) is 0 Å². The molecule has 0 aromatic heterocycles. The molecule has 2 aliphatic rings. The zero-order chi connectivity index (χ0) is 15.1. The van der Waals surface area contributed by atoms with Gasteiger partial charge in [-0.3, -0.25) is 9.59 Å². The number of rotatable bonds is 2. The number of carbonyl (C=O) groups excluding carboxylic acids is 2. The van der Waals surface area contributed by atoms with Crippen molar-refractivity contribution in [1.29, 1.82) is 0 Å².